The summed E-state index contributed by atoms with van der Waals surface area (Å²) in [6.45, 7) is 0. The van der Waals surface area contributed by atoms with Crippen molar-refractivity contribution in [3.05, 3.63) is 202 Å². The molecule has 328 valence electrons. The molecule has 67 heavy (non-hydrogen) atoms. The molecule has 1 aliphatic heterocycles. The minimum absolute atomic E-state index is 0.0799. The van der Waals surface area contributed by atoms with Gasteiger partial charge in [-0.25, -0.2) is 9.97 Å². The fourth-order valence-corrected chi connectivity index (χ4v) is 14.3. The van der Waals surface area contributed by atoms with Crippen molar-refractivity contribution in [2.75, 3.05) is 0 Å². The fourth-order valence-electron chi connectivity index (χ4n) is 14.3. The van der Waals surface area contributed by atoms with Gasteiger partial charge in [-0.1, -0.05) is 184 Å². The Kier molecular flexibility index (Phi) is 9.15. The maximum atomic E-state index is 7.22. The molecule has 0 bridgehead atoms. The predicted octanol–water partition coefficient (Wildman–Crippen LogP) is 16.3. The summed E-state index contributed by atoms with van der Waals surface area (Å²) in [4.78, 5) is 11.2. The van der Waals surface area contributed by atoms with Crippen molar-refractivity contribution in [1.29, 1.82) is 0 Å². The minimum atomic E-state index is 0.0799. The van der Waals surface area contributed by atoms with Crippen molar-refractivity contribution >= 4 is 5.57 Å². The summed E-state index contributed by atoms with van der Waals surface area (Å²) in [6, 6.07) is 53.4. The van der Waals surface area contributed by atoms with Gasteiger partial charge in [-0.2, -0.15) is 0 Å². The van der Waals surface area contributed by atoms with Crippen molar-refractivity contribution in [1.82, 2.24) is 9.97 Å². The van der Waals surface area contributed by atoms with Gasteiger partial charge in [0, 0.05) is 44.6 Å². The van der Waals surface area contributed by atoms with Crippen molar-refractivity contribution in [3.8, 4) is 61.9 Å². The van der Waals surface area contributed by atoms with E-state index in [2.05, 4.69) is 158 Å². The third-order valence-corrected chi connectivity index (χ3v) is 17.3. The molecule has 0 saturated heterocycles. The molecule has 0 amide bonds. The van der Waals surface area contributed by atoms with Crippen molar-refractivity contribution in [3.63, 3.8) is 0 Å². The van der Waals surface area contributed by atoms with E-state index in [-0.39, 0.29) is 22.9 Å². The Bertz CT molecular complexity index is 3220. The molecule has 1 aromatic heterocycles. The number of nitrogens with zero attached hydrogens (tertiary/aromatic N) is 2. The average molecular weight is 869 g/mol. The summed E-state index contributed by atoms with van der Waals surface area (Å²) in [6.07, 6.45) is 22.8. The highest BCUT2D eigenvalue weighted by Crippen LogP contribution is 2.64. The van der Waals surface area contributed by atoms with E-state index in [4.69, 9.17) is 14.7 Å². The lowest BCUT2D eigenvalue weighted by Gasteiger charge is -2.39. The van der Waals surface area contributed by atoms with Gasteiger partial charge in [0.25, 0.3) is 0 Å². The highest BCUT2D eigenvalue weighted by molar-refractivity contribution is 5.97. The van der Waals surface area contributed by atoms with Crippen LogP contribution in [0.15, 0.2) is 174 Å². The molecular weight excluding hydrogens is 813 g/mol. The zero-order chi connectivity index (χ0) is 44.1. The van der Waals surface area contributed by atoms with Crippen LogP contribution in [-0.4, -0.2) is 16.1 Å². The van der Waals surface area contributed by atoms with E-state index in [1.165, 1.54) is 92.9 Å². The first-order valence-corrected chi connectivity index (χ1v) is 25.5. The van der Waals surface area contributed by atoms with Gasteiger partial charge in [0.1, 0.15) is 17.5 Å². The quantitative estimate of drug-likeness (QED) is 0.173. The lowest BCUT2D eigenvalue weighted by atomic mass is 9.64. The van der Waals surface area contributed by atoms with E-state index in [9.17, 15) is 0 Å². The Hall–Kier alpha value is -6.58. The SMILES string of the molecule is C1=C(C2=CCCC3=C2c2cc4c(cc2C32CCCCC2)-c2ccccc2C42CCCCC2)CCC2Oc3c(-c4nc(-c5ccccc5)c(-c5ccccc5)nc4-c4ccccc4)cccc3C12. The summed E-state index contributed by atoms with van der Waals surface area (Å²) in [5.41, 5.74) is 25.2. The molecule has 2 atom stereocenters. The summed E-state index contributed by atoms with van der Waals surface area (Å²) in [7, 11) is 0. The van der Waals surface area contributed by atoms with Crippen LogP contribution in [0.5, 0.6) is 5.75 Å². The maximum Gasteiger partial charge on any atom is 0.133 e. The van der Waals surface area contributed by atoms with E-state index in [0.29, 0.717) is 0 Å². The van der Waals surface area contributed by atoms with E-state index in [0.717, 1.165) is 70.0 Å². The van der Waals surface area contributed by atoms with E-state index < -0.39 is 0 Å². The molecule has 2 fully saturated rings. The highest BCUT2D eigenvalue weighted by Gasteiger charge is 2.51. The van der Waals surface area contributed by atoms with Crippen LogP contribution < -0.4 is 4.74 Å². The second-order valence-electron chi connectivity index (χ2n) is 20.6. The highest BCUT2D eigenvalue weighted by atomic mass is 16.5. The van der Waals surface area contributed by atoms with Crippen LogP contribution in [0.4, 0.5) is 0 Å². The van der Waals surface area contributed by atoms with Gasteiger partial charge in [0.2, 0.25) is 0 Å². The van der Waals surface area contributed by atoms with Crippen LogP contribution >= 0.6 is 0 Å². The van der Waals surface area contributed by atoms with E-state index >= 15 is 0 Å². The van der Waals surface area contributed by atoms with Gasteiger partial charge in [-0.3, -0.25) is 0 Å². The average Bonchev–Trinajstić information content (AvgIpc) is 4.00. The van der Waals surface area contributed by atoms with Gasteiger partial charge in [0.15, 0.2) is 0 Å². The Labute approximate surface area is 395 Å². The Balaban J connectivity index is 0.901. The van der Waals surface area contributed by atoms with Crippen LogP contribution in [0.1, 0.15) is 124 Å². The standard InChI is InChI=1S/C64H56N2O/c1-6-20-41(21-7-1)58-59(42-22-8-2-9-23-42)66-61(60(65-58)43-24-10-3-11-25-43)48-29-18-28-47-50-38-44(32-33-56(50)67-62(47)48)45-27-19-31-53-57(45)51-40-54-49(39-55(51)64(53)36-16-5-17-37-64)46-26-12-13-30-52(46)63(54)34-14-4-15-35-63/h1-3,6-13,18,20-30,38-40,50,56H,4-5,14-17,19,31-37H2. The summed E-state index contributed by atoms with van der Waals surface area (Å²) in [5.74, 6) is 1.13. The molecule has 3 heteroatoms. The first-order valence-electron chi connectivity index (χ1n) is 25.5. The molecule has 6 aromatic carbocycles. The summed E-state index contributed by atoms with van der Waals surface area (Å²) < 4.78 is 7.22. The summed E-state index contributed by atoms with van der Waals surface area (Å²) in [5, 5.41) is 0. The largest absolute Gasteiger partial charge is 0.488 e. The molecule has 2 unspecified atom stereocenters. The molecule has 7 aromatic rings. The zero-order valence-electron chi connectivity index (χ0n) is 38.4. The Morgan fingerprint density at radius 2 is 1.04 bits per heavy atom. The molecule has 2 saturated carbocycles. The second kappa shape index (κ2) is 15.5. The molecule has 14 rings (SSSR count). The van der Waals surface area contributed by atoms with Gasteiger partial charge < -0.3 is 4.74 Å². The number of ether oxygens (including phenoxy) is 1. The second-order valence-corrected chi connectivity index (χ2v) is 20.6. The van der Waals surface area contributed by atoms with Crippen molar-refractivity contribution < 1.29 is 4.74 Å². The van der Waals surface area contributed by atoms with Gasteiger partial charge in [0.05, 0.1) is 17.1 Å². The van der Waals surface area contributed by atoms with Crippen LogP contribution in [0.3, 0.4) is 0 Å². The van der Waals surface area contributed by atoms with Gasteiger partial charge in [-0.15, -0.1) is 0 Å². The Morgan fingerprint density at radius 1 is 0.478 bits per heavy atom. The number of allylic oxidation sites excluding steroid dienone is 5. The number of fused-ring (bicyclic) bond motifs is 12. The topological polar surface area (TPSA) is 35.0 Å². The lowest BCUT2D eigenvalue weighted by molar-refractivity contribution is 0.203. The Morgan fingerprint density at radius 3 is 1.73 bits per heavy atom. The number of hydrogen-bond donors (Lipinski definition) is 0. The van der Waals surface area contributed by atoms with Crippen LogP contribution in [0, 0.1) is 0 Å². The molecule has 6 aliphatic carbocycles. The van der Waals surface area contributed by atoms with Crippen molar-refractivity contribution in [2.45, 2.75) is 113 Å². The zero-order valence-corrected chi connectivity index (χ0v) is 38.4. The number of benzene rings is 6. The first-order chi connectivity index (χ1) is 33.2. The van der Waals surface area contributed by atoms with Gasteiger partial charge >= 0.3 is 0 Å². The first kappa shape index (κ1) is 39.6. The summed E-state index contributed by atoms with van der Waals surface area (Å²) >= 11 is 0. The monoisotopic (exact) mass is 868 g/mol. The molecule has 2 heterocycles. The lowest BCUT2D eigenvalue weighted by Crippen LogP contribution is -2.30. The molecule has 2 spiro atoms. The fraction of sp³-hybridized carbons (Fsp3) is 0.281. The number of hydrogen-bond acceptors (Lipinski definition) is 3. The molecule has 0 N–H and O–H groups in total. The van der Waals surface area contributed by atoms with E-state index in [1.54, 1.807) is 39.0 Å². The molecule has 7 aliphatic rings. The molecule has 0 radical (unpaired) electrons. The molecular formula is C64H56N2O. The smallest absolute Gasteiger partial charge is 0.133 e. The van der Waals surface area contributed by atoms with E-state index in [1.807, 2.05) is 0 Å². The number of aromatic nitrogens is 2. The maximum absolute atomic E-state index is 7.22. The number of rotatable bonds is 5. The third-order valence-electron chi connectivity index (χ3n) is 17.3. The normalized spacial score (nSPS) is 21.4. The predicted molar refractivity (Wildman–Crippen MR) is 273 cm³/mol. The van der Waals surface area contributed by atoms with Gasteiger partial charge in [-0.05, 0) is 120 Å². The number of para-hydroxylation sites is 1. The van der Waals surface area contributed by atoms with Crippen LogP contribution in [-0.2, 0) is 10.8 Å². The van der Waals surface area contributed by atoms with Crippen LogP contribution in [0.2, 0.25) is 0 Å². The third kappa shape index (κ3) is 5.95. The van der Waals surface area contributed by atoms with Crippen molar-refractivity contribution in [2.24, 2.45) is 0 Å². The molecule has 3 nitrogen and oxygen atoms in total. The minimum Gasteiger partial charge on any atom is -0.488 e. The van der Waals surface area contributed by atoms with Crippen LogP contribution in [0.25, 0.3) is 61.7 Å².